The van der Waals surface area contributed by atoms with Gasteiger partial charge in [0.05, 0.1) is 17.3 Å². The number of aromatic hydroxyl groups is 1. The zero-order chi connectivity index (χ0) is 25.2. The standard InChI is InChI=1S/C26H27FN6O3/c27-20-13-16(5-6-17(20)18-7-8-24(35)29-26(18)36)15-32-9-11-33(12-10-32)22-14-21(30-31-25(22)28)19-3-1-2-4-23(19)34/h1-6,13-14,18,34H,7-12,15H2,(H2,28,31)(H,29,35,36). The number of nitrogens with one attached hydrogen (secondary N) is 1. The molecule has 2 saturated heterocycles. The molecule has 0 radical (unpaired) electrons. The van der Waals surface area contributed by atoms with Crippen LogP contribution in [0.2, 0.25) is 0 Å². The number of amides is 2. The zero-order valence-corrected chi connectivity index (χ0v) is 19.7. The second kappa shape index (κ2) is 9.90. The van der Waals surface area contributed by atoms with E-state index in [1.54, 1.807) is 24.3 Å². The number of nitrogens with two attached hydrogens (primary N) is 1. The lowest BCUT2D eigenvalue weighted by Gasteiger charge is -2.36. The Morgan fingerprint density at radius 3 is 2.56 bits per heavy atom. The van der Waals surface area contributed by atoms with Gasteiger partial charge in [-0.3, -0.25) is 19.8 Å². The average molecular weight is 491 g/mol. The number of piperazine rings is 1. The number of aromatic nitrogens is 2. The van der Waals surface area contributed by atoms with Crippen molar-refractivity contribution >= 4 is 23.3 Å². The van der Waals surface area contributed by atoms with Crippen molar-refractivity contribution in [1.82, 2.24) is 20.4 Å². The average Bonchev–Trinajstić information content (AvgIpc) is 2.86. The van der Waals surface area contributed by atoms with E-state index in [0.717, 1.165) is 24.3 Å². The Kier molecular flexibility index (Phi) is 6.51. The number of carbonyl (C=O) groups is 2. The van der Waals surface area contributed by atoms with Crippen LogP contribution in [0.1, 0.15) is 29.9 Å². The van der Waals surface area contributed by atoms with Crippen LogP contribution in [-0.4, -0.2) is 58.2 Å². The summed E-state index contributed by atoms with van der Waals surface area (Å²) >= 11 is 0. The maximum absolute atomic E-state index is 14.9. The number of phenolic OH excluding ortho intramolecular Hbond substituents is 1. The van der Waals surface area contributed by atoms with Crippen molar-refractivity contribution in [3.8, 4) is 17.0 Å². The zero-order valence-electron chi connectivity index (χ0n) is 19.7. The van der Waals surface area contributed by atoms with Crippen LogP contribution in [0.15, 0.2) is 48.5 Å². The first-order valence-corrected chi connectivity index (χ1v) is 11.9. The van der Waals surface area contributed by atoms with Crippen LogP contribution in [-0.2, 0) is 16.1 Å². The van der Waals surface area contributed by atoms with Crippen molar-refractivity contribution in [3.63, 3.8) is 0 Å². The summed E-state index contributed by atoms with van der Waals surface area (Å²) in [6.45, 7) is 3.46. The minimum Gasteiger partial charge on any atom is -0.507 e. The molecular weight excluding hydrogens is 463 g/mol. The number of halogens is 1. The van der Waals surface area contributed by atoms with Crippen molar-refractivity contribution in [2.24, 2.45) is 0 Å². The van der Waals surface area contributed by atoms with Gasteiger partial charge in [-0.05, 0) is 36.2 Å². The molecule has 0 saturated carbocycles. The Morgan fingerprint density at radius 2 is 1.83 bits per heavy atom. The Morgan fingerprint density at radius 1 is 1.06 bits per heavy atom. The molecule has 186 valence electrons. The number of rotatable bonds is 5. The minimum absolute atomic E-state index is 0.128. The molecule has 0 spiro atoms. The van der Waals surface area contributed by atoms with Gasteiger partial charge in [0.2, 0.25) is 11.8 Å². The highest BCUT2D eigenvalue weighted by atomic mass is 19.1. The summed E-state index contributed by atoms with van der Waals surface area (Å²) in [7, 11) is 0. The summed E-state index contributed by atoms with van der Waals surface area (Å²) in [6, 6.07) is 13.8. The van der Waals surface area contributed by atoms with Gasteiger partial charge >= 0.3 is 0 Å². The first kappa shape index (κ1) is 23.7. The highest BCUT2D eigenvalue weighted by Crippen LogP contribution is 2.32. The summed E-state index contributed by atoms with van der Waals surface area (Å²) in [6.07, 6.45) is 0.537. The number of hydrogen-bond donors (Lipinski definition) is 3. The molecule has 0 bridgehead atoms. The molecule has 3 aromatic rings. The van der Waals surface area contributed by atoms with E-state index in [4.69, 9.17) is 5.73 Å². The number of anilines is 2. The fraction of sp³-hybridized carbons (Fsp3) is 0.308. The molecular formula is C26H27FN6O3. The molecule has 2 aliphatic heterocycles. The number of hydrogen-bond acceptors (Lipinski definition) is 8. The minimum atomic E-state index is -0.637. The molecule has 3 heterocycles. The molecule has 9 nitrogen and oxygen atoms in total. The van der Waals surface area contributed by atoms with E-state index in [9.17, 15) is 19.1 Å². The summed E-state index contributed by atoms with van der Waals surface area (Å²) in [5, 5.41) is 20.7. The molecule has 2 amide bonds. The van der Waals surface area contributed by atoms with E-state index < -0.39 is 17.6 Å². The van der Waals surface area contributed by atoms with Crippen molar-refractivity contribution < 1.29 is 19.1 Å². The van der Waals surface area contributed by atoms with Crippen LogP contribution in [0.4, 0.5) is 15.9 Å². The maximum atomic E-state index is 14.9. The predicted octanol–water partition coefficient (Wildman–Crippen LogP) is 2.41. The molecule has 1 atom stereocenters. The molecule has 2 fully saturated rings. The van der Waals surface area contributed by atoms with Gasteiger partial charge in [-0.2, -0.15) is 0 Å². The summed E-state index contributed by atoms with van der Waals surface area (Å²) in [5.41, 5.74) is 9.18. The van der Waals surface area contributed by atoms with Gasteiger partial charge in [-0.1, -0.05) is 24.3 Å². The Bertz CT molecular complexity index is 1310. The van der Waals surface area contributed by atoms with Crippen molar-refractivity contribution in [2.75, 3.05) is 36.8 Å². The number of nitrogen functional groups attached to an aromatic ring is 1. The smallest absolute Gasteiger partial charge is 0.234 e. The third-order valence-electron chi connectivity index (χ3n) is 6.78. The number of para-hydroxylation sites is 1. The lowest BCUT2D eigenvalue weighted by Crippen LogP contribution is -2.46. The molecule has 2 aliphatic rings. The highest BCUT2D eigenvalue weighted by molar-refractivity contribution is 6.00. The third-order valence-corrected chi connectivity index (χ3v) is 6.78. The predicted molar refractivity (Wildman–Crippen MR) is 133 cm³/mol. The lowest BCUT2D eigenvalue weighted by molar-refractivity contribution is -0.134. The monoisotopic (exact) mass is 490 g/mol. The number of benzene rings is 2. The number of piperidine rings is 1. The van der Waals surface area contributed by atoms with E-state index in [1.165, 1.54) is 6.07 Å². The maximum Gasteiger partial charge on any atom is 0.234 e. The summed E-state index contributed by atoms with van der Waals surface area (Å²) < 4.78 is 14.9. The van der Waals surface area contributed by atoms with Crippen molar-refractivity contribution in [3.05, 3.63) is 65.5 Å². The molecule has 5 rings (SSSR count). The third kappa shape index (κ3) is 4.85. The van der Waals surface area contributed by atoms with Gasteiger partial charge in [0.1, 0.15) is 11.6 Å². The van der Waals surface area contributed by atoms with Crippen LogP contribution in [0.5, 0.6) is 5.75 Å². The first-order valence-electron chi connectivity index (χ1n) is 11.9. The van der Waals surface area contributed by atoms with Crippen LogP contribution in [0, 0.1) is 5.82 Å². The second-order valence-electron chi connectivity index (χ2n) is 9.14. The Balaban J connectivity index is 1.23. The Labute approximate surface area is 207 Å². The van der Waals surface area contributed by atoms with Crippen LogP contribution >= 0.6 is 0 Å². The SMILES string of the molecule is Nc1nnc(-c2ccccc2O)cc1N1CCN(Cc2ccc(C3CCC(=O)NC3=O)c(F)c2)CC1. The first-order chi connectivity index (χ1) is 17.4. The summed E-state index contributed by atoms with van der Waals surface area (Å²) in [4.78, 5) is 27.9. The topological polar surface area (TPSA) is 125 Å². The van der Waals surface area contributed by atoms with Gasteiger partial charge in [-0.25, -0.2) is 4.39 Å². The van der Waals surface area contributed by atoms with Gasteiger partial charge in [0.25, 0.3) is 0 Å². The number of phenols is 1. The highest BCUT2D eigenvalue weighted by Gasteiger charge is 2.30. The normalized spacial score (nSPS) is 18.8. The molecule has 4 N–H and O–H groups in total. The molecule has 1 unspecified atom stereocenters. The number of carbonyl (C=O) groups excluding carboxylic acids is 2. The van der Waals surface area contributed by atoms with E-state index in [1.807, 2.05) is 18.2 Å². The molecule has 1 aromatic heterocycles. The van der Waals surface area contributed by atoms with Crippen molar-refractivity contribution in [1.29, 1.82) is 0 Å². The van der Waals surface area contributed by atoms with Crippen LogP contribution in [0.25, 0.3) is 11.3 Å². The number of nitrogens with zero attached hydrogens (tertiary/aromatic N) is 4. The summed E-state index contributed by atoms with van der Waals surface area (Å²) in [5.74, 6) is -1.36. The van der Waals surface area contributed by atoms with Crippen molar-refractivity contribution in [2.45, 2.75) is 25.3 Å². The largest absolute Gasteiger partial charge is 0.507 e. The van der Waals surface area contributed by atoms with Gasteiger partial charge in [0, 0.05) is 50.3 Å². The number of imide groups is 1. The second-order valence-corrected chi connectivity index (χ2v) is 9.14. The van der Waals surface area contributed by atoms with Gasteiger partial charge in [-0.15, -0.1) is 10.2 Å². The quantitative estimate of drug-likeness (QED) is 0.466. The lowest BCUT2D eigenvalue weighted by atomic mass is 9.89. The van der Waals surface area contributed by atoms with Gasteiger partial charge in [0.15, 0.2) is 5.82 Å². The van der Waals surface area contributed by atoms with E-state index in [-0.39, 0.29) is 18.1 Å². The fourth-order valence-corrected chi connectivity index (χ4v) is 4.81. The van der Waals surface area contributed by atoms with Crippen LogP contribution in [0.3, 0.4) is 0 Å². The van der Waals surface area contributed by atoms with Crippen LogP contribution < -0.4 is 16.0 Å². The van der Waals surface area contributed by atoms with E-state index >= 15 is 0 Å². The van der Waals surface area contributed by atoms with E-state index in [0.29, 0.717) is 48.7 Å². The van der Waals surface area contributed by atoms with E-state index in [2.05, 4.69) is 25.3 Å². The van der Waals surface area contributed by atoms with Gasteiger partial charge < -0.3 is 15.7 Å². The molecule has 36 heavy (non-hydrogen) atoms. The molecule has 0 aliphatic carbocycles. The fourth-order valence-electron chi connectivity index (χ4n) is 4.81. The molecule has 10 heteroatoms. The Hall–Kier alpha value is -4.05. The molecule has 2 aromatic carbocycles.